The Morgan fingerprint density at radius 3 is 2.33 bits per heavy atom. The first-order valence-corrected chi connectivity index (χ1v) is 2.92. The topological polar surface area (TPSA) is 40.5 Å². The highest BCUT2D eigenvalue weighted by atomic mass is 16.3. The Balaban J connectivity index is 4.01. The number of hydrogen-bond donors (Lipinski definition) is 2. The monoisotopic (exact) mass is 128 g/mol. The number of aliphatic hydroxyl groups excluding tert-OH is 1. The van der Waals surface area contributed by atoms with Crippen LogP contribution in [0, 0.1) is 12.3 Å². The van der Waals surface area contributed by atoms with Crippen LogP contribution in [0.15, 0.2) is 0 Å². The molecule has 0 aliphatic heterocycles. The van der Waals surface area contributed by atoms with E-state index in [1.54, 1.807) is 6.92 Å². The maximum Gasteiger partial charge on any atom is 0.148 e. The molecule has 0 radical (unpaired) electrons. The van der Waals surface area contributed by atoms with Gasteiger partial charge in [-0.15, -0.1) is 6.42 Å². The summed E-state index contributed by atoms with van der Waals surface area (Å²) in [5, 5.41) is 18.1. The minimum Gasteiger partial charge on any atom is -0.389 e. The van der Waals surface area contributed by atoms with Crippen LogP contribution in [0.25, 0.3) is 0 Å². The van der Waals surface area contributed by atoms with Crippen LogP contribution < -0.4 is 0 Å². The second kappa shape index (κ2) is 2.86. The van der Waals surface area contributed by atoms with Gasteiger partial charge in [0.15, 0.2) is 0 Å². The largest absolute Gasteiger partial charge is 0.389 e. The summed E-state index contributed by atoms with van der Waals surface area (Å²) in [6, 6.07) is 0. The lowest BCUT2D eigenvalue weighted by atomic mass is 9.99. The Morgan fingerprint density at radius 1 is 1.78 bits per heavy atom. The van der Waals surface area contributed by atoms with Gasteiger partial charge in [0.1, 0.15) is 5.60 Å². The Bertz CT molecular complexity index is 121. The molecular weight excluding hydrogens is 116 g/mol. The van der Waals surface area contributed by atoms with Gasteiger partial charge in [0.25, 0.3) is 0 Å². The summed E-state index contributed by atoms with van der Waals surface area (Å²) in [7, 11) is 0. The van der Waals surface area contributed by atoms with E-state index in [0.717, 1.165) is 0 Å². The zero-order valence-corrected chi connectivity index (χ0v) is 5.76. The van der Waals surface area contributed by atoms with Crippen molar-refractivity contribution in [3.05, 3.63) is 0 Å². The second-order valence-electron chi connectivity index (χ2n) is 2.22. The summed E-state index contributed by atoms with van der Waals surface area (Å²) in [6.45, 7) is 3.18. The number of aliphatic hydroxyl groups is 2. The number of hydrogen-bond acceptors (Lipinski definition) is 2. The molecule has 0 bridgehead atoms. The molecule has 0 saturated carbocycles. The molecule has 0 rings (SSSR count). The fourth-order valence-corrected chi connectivity index (χ4v) is 0.494. The standard InChI is InChI=1S/C7H12O2/c1-4-6(8)7(3,9)5-2/h2,6,8-9H,4H2,1,3H3/t6-,7+/m1/s1. The maximum atomic E-state index is 9.11. The Kier molecular flexibility index (Phi) is 2.69. The minimum atomic E-state index is -1.37. The smallest absolute Gasteiger partial charge is 0.148 e. The molecule has 2 N–H and O–H groups in total. The SMILES string of the molecule is C#C[C@](C)(O)[C@H](O)CC. The molecule has 9 heavy (non-hydrogen) atoms. The van der Waals surface area contributed by atoms with E-state index in [1.165, 1.54) is 6.92 Å². The predicted octanol–water partition coefficient (Wildman–Crippen LogP) is 0.141. The average Bonchev–Trinajstić information content (AvgIpc) is 1.86. The van der Waals surface area contributed by atoms with E-state index in [4.69, 9.17) is 16.6 Å². The predicted molar refractivity (Wildman–Crippen MR) is 35.8 cm³/mol. The highest BCUT2D eigenvalue weighted by Gasteiger charge is 2.25. The zero-order chi connectivity index (χ0) is 7.49. The Morgan fingerprint density at radius 2 is 2.22 bits per heavy atom. The van der Waals surface area contributed by atoms with E-state index < -0.39 is 11.7 Å². The maximum absolute atomic E-state index is 9.11. The molecule has 0 saturated heterocycles. The Labute approximate surface area is 55.5 Å². The first-order chi connectivity index (χ1) is 4.04. The minimum absolute atomic E-state index is 0.469. The van der Waals surface area contributed by atoms with Gasteiger partial charge in [0, 0.05) is 0 Å². The normalized spacial score (nSPS) is 19.9. The van der Waals surface area contributed by atoms with Crippen molar-refractivity contribution >= 4 is 0 Å². The third-order valence-corrected chi connectivity index (χ3v) is 1.33. The lowest BCUT2D eigenvalue weighted by Gasteiger charge is -2.21. The lowest BCUT2D eigenvalue weighted by Crippen LogP contribution is -2.36. The van der Waals surface area contributed by atoms with Crippen molar-refractivity contribution in [1.29, 1.82) is 0 Å². The summed E-state index contributed by atoms with van der Waals surface area (Å²) in [6.07, 6.45) is 4.58. The Hall–Kier alpha value is -0.520. The van der Waals surface area contributed by atoms with Crippen LogP contribution in [0.2, 0.25) is 0 Å². The number of rotatable bonds is 2. The fourth-order valence-electron chi connectivity index (χ4n) is 0.494. The highest BCUT2D eigenvalue weighted by Crippen LogP contribution is 2.10. The molecule has 0 amide bonds. The molecular formula is C7H12O2. The molecule has 0 aliphatic carbocycles. The zero-order valence-electron chi connectivity index (χ0n) is 5.76. The van der Waals surface area contributed by atoms with Crippen molar-refractivity contribution < 1.29 is 10.2 Å². The van der Waals surface area contributed by atoms with Crippen LogP contribution in [0.5, 0.6) is 0 Å². The van der Waals surface area contributed by atoms with Crippen LogP contribution in [0.1, 0.15) is 20.3 Å². The molecule has 0 heterocycles. The van der Waals surface area contributed by atoms with Crippen LogP contribution in [0.3, 0.4) is 0 Å². The fraction of sp³-hybridized carbons (Fsp3) is 0.714. The van der Waals surface area contributed by atoms with Gasteiger partial charge < -0.3 is 10.2 Å². The van der Waals surface area contributed by atoms with Crippen molar-refractivity contribution in [1.82, 2.24) is 0 Å². The van der Waals surface area contributed by atoms with Gasteiger partial charge in [0.2, 0.25) is 0 Å². The first-order valence-electron chi connectivity index (χ1n) is 2.92. The third-order valence-electron chi connectivity index (χ3n) is 1.33. The van der Waals surface area contributed by atoms with E-state index in [0.29, 0.717) is 6.42 Å². The molecule has 0 aromatic heterocycles. The van der Waals surface area contributed by atoms with Crippen LogP contribution in [-0.4, -0.2) is 21.9 Å². The molecule has 0 unspecified atom stereocenters. The molecule has 2 atom stereocenters. The van der Waals surface area contributed by atoms with E-state index >= 15 is 0 Å². The first kappa shape index (κ1) is 8.48. The number of terminal acetylenes is 1. The van der Waals surface area contributed by atoms with E-state index in [9.17, 15) is 0 Å². The van der Waals surface area contributed by atoms with Crippen molar-refractivity contribution in [3.63, 3.8) is 0 Å². The van der Waals surface area contributed by atoms with E-state index in [-0.39, 0.29) is 0 Å². The molecule has 0 spiro atoms. The third kappa shape index (κ3) is 2.05. The van der Waals surface area contributed by atoms with E-state index in [1.807, 2.05) is 0 Å². The van der Waals surface area contributed by atoms with Crippen LogP contribution >= 0.6 is 0 Å². The van der Waals surface area contributed by atoms with Crippen LogP contribution in [0.4, 0.5) is 0 Å². The van der Waals surface area contributed by atoms with Crippen molar-refractivity contribution in [2.45, 2.75) is 32.0 Å². The van der Waals surface area contributed by atoms with Gasteiger partial charge >= 0.3 is 0 Å². The molecule has 2 heteroatoms. The second-order valence-corrected chi connectivity index (χ2v) is 2.22. The van der Waals surface area contributed by atoms with E-state index in [2.05, 4.69) is 5.92 Å². The molecule has 0 fully saturated rings. The summed E-state index contributed by atoms with van der Waals surface area (Å²) in [5.74, 6) is 2.10. The van der Waals surface area contributed by atoms with Gasteiger partial charge in [-0.1, -0.05) is 12.8 Å². The summed E-state index contributed by atoms with van der Waals surface area (Å²) in [5.41, 5.74) is -1.37. The average molecular weight is 128 g/mol. The summed E-state index contributed by atoms with van der Waals surface area (Å²) < 4.78 is 0. The molecule has 2 nitrogen and oxygen atoms in total. The lowest BCUT2D eigenvalue weighted by molar-refractivity contribution is -0.0202. The highest BCUT2D eigenvalue weighted by molar-refractivity contribution is 5.07. The summed E-state index contributed by atoms with van der Waals surface area (Å²) >= 11 is 0. The van der Waals surface area contributed by atoms with Gasteiger partial charge in [-0.05, 0) is 13.3 Å². The summed E-state index contributed by atoms with van der Waals surface area (Å²) in [4.78, 5) is 0. The molecule has 0 aromatic rings. The molecule has 0 aliphatic rings. The van der Waals surface area contributed by atoms with Crippen molar-refractivity contribution in [3.8, 4) is 12.3 Å². The van der Waals surface area contributed by atoms with Gasteiger partial charge in [-0.25, -0.2) is 0 Å². The van der Waals surface area contributed by atoms with Gasteiger partial charge in [0.05, 0.1) is 6.10 Å². The van der Waals surface area contributed by atoms with Gasteiger partial charge in [-0.3, -0.25) is 0 Å². The van der Waals surface area contributed by atoms with Gasteiger partial charge in [-0.2, -0.15) is 0 Å². The van der Waals surface area contributed by atoms with Crippen LogP contribution in [-0.2, 0) is 0 Å². The van der Waals surface area contributed by atoms with Crippen molar-refractivity contribution in [2.75, 3.05) is 0 Å². The molecule has 0 aromatic carbocycles. The quantitative estimate of drug-likeness (QED) is 0.519. The molecule has 52 valence electrons. The van der Waals surface area contributed by atoms with Crippen molar-refractivity contribution in [2.24, 2.45) is 0 Å².